The van der Waals surface area contributed by atoms with Crippen LogP contribution in [0.1, 0.15) is 23.2 Å². The molecule has 0 fully saturated rings. The Hall–Kier alpha value is -1.65. The number of hydrogen-bond acceptors (Lipinski definition) is 3. The summed E-state index contributed by atoms with van der Waals surface area (Å²) in [5.74, 6) is 0. The molecule has 1 atom stereocenters. The predicted molar refractivity (Wildman–Crippen MR) is 82.2 cm³/mol. The summed E-state index contributed by atoms with van der Waals surface area (Å²) in [5.41, 5.74) is 10.5. The summed E-state index contributed by atoms with van der Waals surface area (Å²) in [7, 11) is 0. The summed E-state index contributed by atoms with van der Waals surface area (Å²) in [4.78, 5) is 5.72. The highest BCUT2D eigenvalue weighted by molar-refractivity contribution is 7.15. The topological polar surface area (TPSA) is 43.3 Å². The Morgan fingerprint density at radius 2 is 2.15 bits per heavy atom. The minimum Gasteiger partial charge on any atom is -0.324 e. The Morgan fingerprint density at radius 1 is 1.30 bits per heavy atom. The van der Waals surface area contributed by atoms with Gasteiger partial charge < -0.3 is 5.73 Å². The van der Waals surface area contributed by atoms with Gasteiger partial charge in [-0.25, -0.2) is 4.98 Å². The van der Waals surface area contributed by atoms with E-state index in [2.05, 4.69) is 51.4 Å². The van der Waals surface area contributed by atoms with E-state index in [0.29, 0.717) is 0 Å². The van der Waals surface area contributed by atoms with Crippen LogP contribution in [0.4, 0.5) is 0 Å². The Bertz CT molecular complexity index is 729. The van der Waals surface area contributed by atoms with Crippen molar-refractivity contribution in [3.8, 4) is 0 Å². The van der Waals surface area contributed by atoms with Crippen LogP contribution in [0.25, 0.3) is 4.96 Å². The van der Waals surface area contributed by atoms with E-state index in [4.69, 9.17) is 5.73 Å². The van der Waals surface area contributed by atoms with Gasteiger partial charge in [-0.15, -0.1) is 11.3 Å². The van der Waals surface area contributed by atoms with Crippen LogP contribution in [0.2, 0.25) is 0 Å². The van der Waals surface area contributed by atoms with Gasteiger partial charge in [-0.3, -0.25) is 4.40 Å². The Labute approximate surface area is 122 Å². The van der Waals surface area contributed by atoms with E-state index in [-0.39, 0.29) is 5.54 Å². The molecule has 102 valence electrons. The molecule has 3 aromatic rings. The van der Waals surface area contributed by atoms with Gasteiger partial charge in [0.25, 0.3) is 0 Å². The van der Waals surface area contributed by atoms with Crippen LogP contribution in [0.3, 0.4) is 0 Å². The molecule has 2 N–H and O–H groups in total. The van der Waals surface area contributed by atoms with Crippen molar-refractivity contribution in [2.24, 2.45) is 5.73 Å². The second kappa shape index (κ2) is 4.43. The lowest BCUT2D eigenvalue weighted by Crippen LogP contribution is -2.47. The first-order valence-electron chi connectivity index (χ1n) is 6.99. The van der Waals surface area contributed by atoms with Crippen molar-refractivity contribution in [3.63, 3.8) is 0 Å². The molecule has 1 unspecified atom stereocenters. The first-order chi connectivity index (χ1) is 9.72. The summed E-state index contributed by atoms with van der Waals surface area (Å²) in [6.07, 6.45) is 8.09. The maximum atomic E-state index is 6.65. The van der Waals surface area contributed by atoms with Crippen LogP contribution in [0, 0.1) is 0 Å². The molecule has 0 amide bonds. The highest BCUT2D eigenvalue weighted by atomic mass is 32.1. The van der Waals surface area contributed by atoms with Crippen molar-refractivity contribution in [2.45, 2.75) is 31.2 Å². The molecule has 1 aromatic carbocycles. The minimum atomic E-state index is -0.154. The Morgan fingerprint density at radius 3 is 3.00 bits per heavy atom. The molecular weight excluding hydrogens is 266 g/mol. The zero-order valence-electron chi connectivity index (χ0n) is 11.2. The van der Waals surface area contributed by atoms with E-state index in [1.54, 1.807) is 11.3 Å². The first kappa shape index (κ1) is 12.1. The van der Waals surface area contributed by atoms with Crippen LogP contribution in [0.5, 0.6) is 0 Å². The number of imidazole rings is 1. The molecule has 0 radical (unpaired) electrons. The third-order valence-corrected chi connectivity index (χ3v) is 5.00. The molecule has 4 heteroatoms. The average Bonchev–Trinajstić information content (AvgIpc) is 2.99. The standard InChI is InChI=1S/C16H17N3S/c17-16(6-5-12-3-1-2-4-13(12)9-16)10-14-11-19-7-8-20-15(19)18-14/h1-4,7-8,11H,5-6,9-10,17H2. The smallest absolute Gasteiger partial charge is 0.193 e. The number of nitrogens with two attached hydrogens (primary N) is 1. The lowest BCUT2D eigenvalue weighted by atomic mass is 9.76. The quantitative estimate of drug-likeness (QED) is 0.786. The highest BCUT2D eigenvalue weighted by Gasteiger charge is 2.31. The van der Waals surface area contributed by atoms with Gasteiger partial charge in [0.1, 0.15) is 0 Å². The van der Waals surface area contributed by atoms with Crippen LogP contribution in [-0.4, -0.2) is 14.9 Å². The molecule has 3 nitrogen and oxygen atoms in total. The van der Waals surface area contributed by atoms with Gasteiger partial charge in [0.2, 0.25) is 0 Å². The van der Waals surface area contributed by atoms with Gasteiger partial charge in [0.05, 0.1) is 5.69 Å². The van der Waals surface area contributed by atoms with Gasteiger partial charge in [0.15, 0.2) is 4.96 Å². The molecule has 0 bridgehead atoms. The number of thiazole rings is 1. The van der Waals surface area contributed by atoms with Gasteiger partial charge >= 0.3 is 0 Å². The minimum absolute atomic E-state index is 0.154. The lowest BCUT2D eigenvalue weighted by molar-refractivity contribution is 0.366. The molecule has 1 aliphatic carbocycles. The number of benzene rings is 1. The van der Waals surface area contributed by atoms with Gasteiger partial charge in [-0.1, -0.05) is 24.3 Å². The predicted octanol–water partition coefficient (Wildman–Crippen LogP) is 2.82. The van der Waals surface area contributed by atoms with Crippen molar-refractivity contribution in [2.75, 3.05) is 0 Å². The fourth-order valence-electron chi connectivity index (χ4n) is 3.20. The largest absolute Gasteiger partial charge is 0.324 e. The summed E-state index contributed by atoms with van der Waals surface area (Å²) >= 11 is 1.67. The summed E-state index contributed by atoms with van der Waals surface area (Å²) in [6, 6.07) is 8.66. The third-order valence-electron chi connectivity index (χ3n) is 4.23. The number of aromatic nitrogens is 2. The van der Waals surface area contributed by atoms with Crippen molar-refractivity contribution in [1.82, 2.24) is 9.38 Å². The average molecular weight is 283 g/mol. The van der Waals surface area contributed by atoms with E-state index in [1.165, 1.54) is 11.1 Å². The monoisotopic (exact) mass is 283 g/mol. The summed E-state index contributed by atoms with van der Waals surface area (Å²) in [5, 5.41) is 2.06. The maximum absolute atomic E-state index is 6.65. The second-order valence-electron chi connectivity index (χ2n) is 5.81. The fraction of sp³-hybridized carbons (Fsp3) is 0.312. The van der Waals surface area contributed by atoms with Crippen molar-refractivity contribution >= 4 is 16.3 Å². The van der Waals surface area contributed by atoms with Crippen LogP contribution in [-0.2, 0) is 19.3 Å². The zero-order chi connectivity index (χ0) is 13.6. The van der Waals surface area contributed by atoms with Crippen LogP contribution in [0.15, 0.2) is 42.0 Å². The normalized spacial score (nSPS) is 22.1. The van der Waals surface area contributed by atoms with Crippen molar-refractivity contribution in [3.05, 3.63) is 58.9 Å². The molecule has 1 aliphatic rings. The fourth-order valence-corrected chi connectivity index (χ4v) is 3.92. The number of nitrogens with zero attached hydrogens (tertiary/aromatic N) is 2. The highest BCUT2D eigenvalue weighted by Crippen LogP contribution is 2.29. The van der Waals surface area contributed by atoms with Crippen LogP contribution >= 0.6 is 11.3 Å². The van der Waals surface area contributed by atoms with E-state index in [9.17, 15) is 0 Å². The van der Waals surface area contributed by atoms with Crippen LogP contribution < -0.4 is 5.73 Å². The lowest BCUT2D eigenvalue weighted by Gasteiger charge is -2.34. The first-order valence-corrected chi connectivity index (χ1v) is 7.87. The zero-order valence-corrected chi connectivity index (χ0v) is 12.1. The number of rotatable bonds is 2. The molecule has 4 rings (SSSR count). The Balaban J connectivity index is 1.61. The van der Waals surface area contributed by atoms with Gasteiger partial charge in [0, 0.05) is 29.7 Å². The molecular formula is C16H17N3S. The van der Waals surface area contributed by atoms with Crippen molar-refractivity contribution < 1.29 is 0 Å². The van der Waals surface area contributed by atoms with Gasteiger partial charge in [-0.05, 0) is 30.4 Å². The Kier molecular flexibility index (Phi) is 2.69. The maximum Gasteiger partial charge on any atom is 0.193 e. The van der Waals surface area contributed by atoms with E-state index in [1.807, 2.05) is 0 Å². The molecule has 0 aliphatic heterocycles. The molecule has 2 aromatic heterocycles. The number of fused-ring (bicyclic) bond motifs is 2. The van der Waals surface area contributed by atoms with E-state index < -0.39 is 0 Å². The van der Waals surface area contributed by atoms with E-state index in [0.717, 1.165) is 36.3 Å². The SMILES string of the molecule is NC1(Cc2cn3ccsc3n2)CCc2ccccc2C1. The van der Waals surface area contributed by atoms with E-state index >= 15 is 0 Å². The molecule has 0 saturated heterocycles. The molecule has 0 spiro atoms. The summed E-state index contributed by atoms with van der Waals surface area (Å²) < 4.78 is 2.08. The van der Waals surface area contributed by atoms with Crippen molar-refractivity contribution in [1.29, 1.82) is 0 Å². The molecule has 20 heavy (non-hydrogen) atoms. The molecule has 2 heterocycles. The van der Waals surface area contributed by atoms with Gasteiger partial charge in [-0.2, -0.15) is 0 Å². The molecule has 0 saturated carbocycles. The third kappa shape index (κ3) is 2.05. The summed E-state index contributed by atoms with van der Waals surface area (Å²) in [6.45, 7) is 0. The second-order valence-corrected chi connectivity index (χ2v) is 6.68. The number of hydrogen-bond donors (Lipinski definition) is 1. The number of aryl methyl sites for hydroxylation is 1.